The Morgan fingerprint density at radius 2 is 2.08 bits per heavy atom. The van der Waals surface area contributed by atoms with Crippen LogP contribution in [0.2, 0.25) is 0 Å². The van der Waals surface area contributed by atoms with Gasteiger partial charge in [-0.25, -0.2) is 14.8 Å². The topological polar surface area (TPSA) is 104 Å². The molecule has 4 amide bonds. The Morgan fingerprint density at radius 3 is 2.71 bits per heavy atom. The molecular weight excluding hydrogens is 310 g/mol. The molecule has 2 aliphatic heterocycles. The summed E-state index contributed by atoms with van der Waals surface area (Å²) in [6.45, 7) is 3.39. The zero-order valence-corrected chi connectivity index (χ0v) is 13.6. The Labute approximate surface area is 140 Å². The molecule has 2 fully saturated rings. The zero-order chi connectivity index (χ0) is 17.1. The number of nitrogens with zero attached hydrogens (tertiary/aromatic N) is 3. The number of aromatic nitrogens is 2. The van der Waals surface area contributed by atoms with Crippen molar-refractivity contribution in [1.82, 2.24) is 25.5 Å². The molecule has 0 aliphatic carbocycles. The Morgan fingerprint density at radius 1 is 1.33 bits per heavy atom. The lowest BCUT2D eigenvalue weighted by molar-refractivity contribution is -0.132. The molecule has 3 heterocycles. The van der Waals surface area contributed by atoms with Gasteiger partial charge in [-0.3, -0.25) is 14.9 Å². The van der Waals surface area contributed by atoms with Gasteiger partial charge in [-0.05, 0) is 31.7 Å². The summed E-state index contributed by atoms with van der Waals surface area (Å²) in [7, 11) is 0. The van der Waals surface area contributed by atoms with Gasteiger partial charge in [0.2, 0.25) is 5.91 Å². The van der Waals surface area contributed by atoms with Crippen LogP contribution < -0.4 is 10.6 Å². The van der Waals surface area contributed by atoms with E-state index in [4.69, 9.17) is 0 Å². The largest absolute Gasteiger partial charge is 0.343 e. The lowest BCUT2D eigenvalue weighted by Crippen LogP contribution is -2.39. The normalized spacial score (nSPS) is 21.5. The van der Waals surface area contributed by atoms with Crippen LogP contribution in [0.5, 0.6) is 0 Å². The number of aryl methyl sites for hydroxylation is 1. The summed E-state index contributed by atoms with van der Waals surface area (Å²) in [5.41, 5.74) is 2.16. The molecule has 1 aromatic heterocycles. The predicted octanol–water partition coefficient (Wildman–Crippen LogP) is 0.479. The summed E-state index contributed by atoms with van der Waals surface area (Å²) in [6, 6.07) is -1.08. The van der Waals surface area contributed by atoms with E-state index in [1.54, 1.807) is 6.33 Å². The third-order valence-corrected chi connectivity index (χ3v) is 4.68. The summed E-state index contributed by atoms with van der Waals surface area (Å²) in [5.74, 6) is 0.0319. The van der Waals surface area contributed by atoms with E-state index in [-0.39, 0.29) is 18.2 Å². The zero-order valence-electron chi connectivity index (χ0n) is 13.6. The fraction of sp³-hybridized carbons (Fsp3) is 0.562. The van der Waals surface area contributed by atoms with Crippen molar-refractivity contribution in [2.24, 2.45) is 0 Å². The van der Waals surface area contributed by atoms with Gasteiger partial charge in [-0.2, -0.15) is 0 Å². The maximum Gasteiger partial charge on any atom is 0.322 e. The highest BCUT2D eigenvalue weighted by molar-refractivity contribution is 6.04. The van der Waals surface area contributed by atoms with Crippen LogP contribution in [-0.4, -0.2) is 51.8 Å². The van der Waals surface area contributed by atoms with Crippen molar-refractivity contribution in [3.05, 3.63) is 23.8 Å². The molecule has 1 atom stereocenters. The van der Waals surface area contributed by atoms with Gasteiger partial charge in [0.25, 0.3) is 5.91 Å². The van der Waals surface area contributed by atoms with Gasteiger partial charge in [0, 0.05) is 37.3 Å². The highest BCUT2D eigenvalue weighted by atomic mass is 16.2. The quantitative estimate of drug-likeness (QED) is 0.781. The average molecular weight is 331 g/mol. The van der Waals surface area contributed by atoms with Crippen molar-refractivity contribution in [3.63, 3.8) is 0 Å². The number of imide groups is 1. The fourth-order valence-corrected chi connectivity index (χ4v) is 3.33. The van der Waals surface area contributed by atoms with Crippen molar-refractivity contribution < 1.29 is 14.4 Å². The number of hydrogen-bond donors (Lipinski definition) is 2. The number of piperidine rings is 1. The number of rotatable bonds is 4. The molecule has 2 N–H and O–H groups in total. The molecule has 0 spiro atoms. The molecule has 0 saturated carbocycles. The molecule has 2 aliphatic rings. The van der Waals surface area contributed by atoms with Gasteiger partial charge in [0.1, 0.15) is 12.4 Å². The number of hydrogen-bond acceptors (Lipinski definition) is 5. The summed E-state index contributed by atoms with van der Waals surface area (Å²) >= 11 is 0. The summed E-state index contributed by atoms with van der Waals surface area (Å²) in [4.78, 5) is 45.1. The van der Waals surface area contributed by atoms with Crippen LogP contribution in [0.25, 0.3) is 0 Å². The Balaban J connectivity index is 1.48. The molecule has 0 radical (unpaired) electrons. The number of likely N-dealkylation sites (tertiary alicyclic amines) is 1. The smallest absolute Gasteiger partial charge is 0.322 e. The number of urea groups is 1. The minimum atomic E-state index is -0.595. The van der Waals surface area contributed by atoms with Crippen molar-refractivity contribution in [2.75, 3.05) is 13.1 Å². The standard InChI is InChI=1S/C16H21N5O3/c1-10-8-17-9-18-14(10)11-4-6-21(7-5-11)13(22)3-2-12-15(23)20-16(24)19-12/h8-9,11-12H,2-7H2,1H3,(H2,19,20,23,24)/t12-/m0/s1. The number of carbonyl (C=O) groups is 3. The molecule has 0 unspecified atom stereocenters. The maximum absolute atomic E-state index is 12.3. The SMILES string of the molecule is Cc1cncnc1C1CCN(C(=O)CC[C@@H]2NC(=O)NC2=O)CC1. The van der Waals surface area contributed by atoms with Gasteiger partial charge in [0.05, 0.1) is 0 Å². The third-order valence-electron chi connectivity index (χ3n) is 4.68. The van der Waals surface area contributed by atoms with E-state index in [1.807, 2.05) is 18.0 Å². The molecule has 24 heavy (non-hydrogen) atoms. The second-order valence-corrected chi connectivity index (χ2v) is 6.30. The van der Waals surface area contributed by atoms with Crippen LogP contribution >= 0.6 is 0 Å². The maximum atomic E-state index is 12.3. The fourth-order valence-electron chi connectivity index (χ4n) is 3.33. The first kappa shape index (κ1) is 16.4. The van der Waals surface area contributed by atoms with Crippen LogP contribution in [0.15, 0.2) is 12.5 Å². The van der Waals surface area contributed by atoms with Crippen molar-refractivity contribution in [1.29, 1.82) is 0 Å². The van der Waals surface area contributed by atoms with Crippen LogP contribution in [-0.2, 0) is 9.59 Å². The Bertz CT molecular complexity index is 655. The average Bonchev–Trinajstić information content (AvgIpc) is 2.91. The first-order valence-electron chi connectivity index (χ1n) is 8.20. The van der Waals surface area contributed by atoms with Gasteiger partial charge in [-0.1, -0.05) is 0 Å². The van der Waals surface area contributed by atoms with Gasteiger partial charge in [0.15, 0.2) is 0 Å². The van der Waals surface area contributed by atoms with E-state index in [0.717, 1.165) is 24.1 Å². The van der Waals surface area contributed by atoms with E-state index in [2.05, 4.69) is 20.6 Å². The number of amides is 4. The van der Waals surface area contributed by atoms with Crippen LogP contribution in [0.4, 0.5) is 4.79 Å². The minimum absolute atomic E-state index is 0.0295. The third kappa shape index (κ3) is 3.52. The van der Waals surface area contributed by atoms with Crippen molar-refractivity contribution >= 4 is 17.8 Å². The molecule has 128 valence electrons. The monoisotopic (exact) mass is 331 g/mol. The minimum Gasteiger partial charge on any atom is -0.343 e. The van der Waals surface area contributed by atoms with E-state index in [9.17, 15) is 14.4 Å². The molecule has 8 heteroatoms. The van der Waals surface area contributed by atoms with Crippen LogP contribution in [0.1, 0.15) is 42.9 Å². The highest BCUT2D eigenvalue weighted by Crippen LogP contribution is 2.28. The first-order chi connectivity index (χ1) is 11.5. The number of nitrogens with one attached hydrogen (secondary N) is 2. The first-order valence-corrected chi connectivity index (χ1v) is 8.20. The number of carbonyl (C=O) groups excluding carboxylic acids is 3. The molecular formula is C16H21N5O3. The van der Waals surface area contributed by atoms with E-state index < -0.39 is 12.1 Å². The summed E-state index contributed by atoms with van der Waals surface area (Å²) in [5, 5.41) is 4.69. The highest BCUT2D eigenvalue weighted by Gasteiger charge is 2.31. The van der Waals surface area contributed by atoms with Crippen LogP contribution in [0, 0.1) is 6.92 Å². The lowest BCUT2D eigenvalue weighted by atomic mass is 9.91. The van der Waals surface area contributed by atoms with Crippen molar-refractivity contribution in [3.8, 4) is 0 Å². The molecule has 1 aromatic rings. The van der Waals surface area contributed by atoms with Gasteiger partial charge in [-0.15, -0.1) is 0 Å². The van der Waals surface area contributed by atoms with Crippen LogP contribution in [0.3, 0.4) is 0 Å². The summed E-state index contributed by atoms with van der Waals surface area (Å²) in [6.07, 6.45) is 5.74. The molecule has 0 bridgehead atoms. The molecule has 8 nitrogen and oxygen atoms in total. The van der Waals surface area contributed by atoms with E-state index >= 15 is 0 Å². The van der Waals surface area contributed by atoms with Gasteiger partial charge < -0.3 is 10.2 Å². The predicted molar refractivity (Wildman–Crippen MR) is 85.0 cm³/mol. The second kappa shape index (κ2) is 6.94. The van der Waals surface area contributed by atoms with E-state index in [0.29, 0.717) is 25.4 Å². The Hall–Kier alpha value is -2.51. The molecule has 2 saturated heterocycles. The second-order valence-electron chi connectivity index (χ2n) is 6.30. The molecule has 0 aromatic carbocycles. The molecule has 3 rings (SSSR count). The Kier molecular flexibility index (Phi) is 4.73. The van der Waals surface area contributed by atoms with E-state index in [1.165, 1.54) is 0 Å². The lowest BCUT2D eigenvalue weighted by Gasteiger charge is -2.32. The summed E-state index contributed by atoms with van der Waals surface area (Å²) < 4.78 is 0. The van der Waals surface area contributed by atoms with Gasteiger partial charge >= 0.3 is 6.03 Å². The van der Waals surface area contributed by atoms with Crippen molar-refractivity contribution in [2.45, 2.75) is 44.6 Å².